The lowest BCUT2D eigenvalue weighted by Crippen LogP contribution is -2.34. The van der Waals surface area contributed by atoms with Gasteiger partial charge >= 0.3 is 0 Å². The van der Waals surface area contributed by atoms with Crippen molar-refractivity contribution in [2.45, 2.75) is 62.9 Å². The van der Waals surface area contributed by atoms with E-state index in [0.717, 1.165) is 18.5 Å². The zero-order valence-electron chi connectivity index (χ0n) is 16.1. The van der Waals surface area contributed by atoms with E-state index in [0.29, 0.717) is 47.3 Å². The third-order valence-corrected chi connectivity index (χ3v) is 6.57. The van der Waals surface area contributed by atoms with E-state index in [1.165, 1.54) is 0 Å². The molecule has 2 aliphatic carbocycles. The molecule has 2 aromatic rings. The second-order valence-electron chi connectivity index (χ2n) is 8.40. The quantitative estimate of drug-likeness (QED) is 0.722. The molecular formula is C22H25ClF2N2O2. The average molecular weight is 423 g/mol. The molecule has 2 atom stereocenters. The van der Waals surface area contributed by atoms with Crippen LogP contribution in [0, 0.1) is 5.92 Å². The van der Waals surface area contributed by atoms with Gasteiger partial charge in [-0.05, 0) is 56.2 Å². The maximum Gasteiger partial charge on any atom is 0.251 e. The molecule has 7 heteroatoms. The molecule has 4 rings (SSSR count). The van der Waals surface area contributed by atoms with E-state index in [-0.39, 0.29) is 36.7 Å². The molecule has 0 radical (unpaired) electrons. The minimum atomic E-state index is -2.56. The van der Waals surface area contributed by atoms with E-state index in [2.05, 4.69) is 5.32 Å². The minimum Gasteiger partial charge on any atom is -0.393 e. The van der Waals surface area contributed by atoms with Gasteiger partial charge in [0.05, 0.1) is 22.3 Å². The van der Waals surface area contributed by atoms with Crippen LogP contribution in [0.15, 0.2) is 24.3 Å². The maximum absolute atomic E-state index is 13.3. The lowest BCUT2D eigenvalue weighted by molar-refractivity contribution is -0.0452. The number of aliphatic hydroxyl groups is 1. The molecule has 2 saturated carbocycles. The third-order valence-electron chi connectivity index (χ3n) is 6.26. The number of nitrogens with one attached hydrogen (secondary N) is 1. The standard InChI is InChI=1S/C22H25ClF2N2O2/c23-18-11-17-16(21(29)26-12-13-6-8-22(24,25)9-7-13)2-1-3-19(17)27-20(18)14-4-5-15(28)10-14/h1-3,11,13-15,28H,4-10,12H2,(H,26,29). The first-order valence-electron chi connectivity index (χ1n) is 10.3. The molecular weight excluding hydrogens is 398 g/mol. The summed E-state index contributed by atoms with van der Waals surface area (Å²) in [5.41, 5.74) is 1.95. The van der Waals surface area contributed by atoms with Crippen LogP contribution in [0.5, 0.6) is 0 Å². The first-order valence-corrected chi connectivity index (χ1v) is 10.6. The average Bonchev–Trinajstić information content (AvgIpc) is 3.12. The summed E-state index contributed by atoms with van der Waals surface area (Å²) in [6.45, 7) is 0.393. The van der Waals surface area contributed by atoms with Gasteiger partial charge in [-0.1, -0.05) is 17.7 Å². The predicted octanol–water partition coefficient (Wildman–Crippen LogP) is 5.07. The van der Waals surface area contributed by atoms with Crippen molar-refractivity contribution in [1.82, 2.24) is 10.3 Å². The van der Waals surface area contributed by atoms with Gasteiger partial charge in [-0.25, -0.2) is 8.78 Å². The number of nitrogens with zero attached hydrogens (tertiary/aromatic N) is 1. The molecule has 2 N–H and O–H groups in total. The van der Waals surface area contributed by atoms with Crippen LogP contribution in [0.2, 0.25) is 5.02 Å². The number of hydrogen-bond donors (Lipinski definition) is 2. The normalized spacial score (nSPS) is 24.7. The highest BCUT2D eigenvalue weighted by atomic mass is 35.5. The first-order chi connectivity index (χ1) is 13.8. The molecule has 0 bridgehead atoms. The molecule has 1 aromatic carbocycles. The molecule has 1 aromatic heterocycles. The van der Waals surface area contributed by atoms with Crippen LogP contribution >= 0.6 is 11.6 Å². The molecule has 1 amide bonds. The van der Waals surface area contributed by atoms with Crippen LogP contribution in [0.3, 0.4) is 0 Å². The van der Waals surface area contributed by atoms with Gasteiger partial charge in [-0.2, -0.15) is 0 Å². The van der Waals surface area contributed by atoms with Crippen molar-refractivity contribution in [3.8, 4) is 0 Å². The fourth-order valence-electron chi connectivity index (χ4n) is 4.51. The van der Waals surface area contributed by atoms with Crippen molar-refractivity contribution in [3.05, 3.63) is 40.5 Å². The summed E-state index contributed by atoms with van der Waals surface area (Å²) < 4.78 is 26.6. The van der Waals surface area contributed by atoms with Gasteiger partial charge in [0.2, 0.25) is 5.92 Å². The highest BCUT2D eigenvalue weighted by molar-refractivity contribution is 6.32. The molecule has 2 aliphatic rings. The van der Waals surface area contributed by atoms with E-state index >= 15 is 0 Å². The monoisotopic (exact) mass is 422 g/mol. The minimum absolute atomic E-state index is 0.0793. The van der Waals surface area contributed by atoms with Gasteiger partial charge in [0.1, 0.15) is 0 Å². The summed E-state index contributed by atoms with van der Waals surface area (Å²) in [5, 5.41) is 13.9. The number of hydrogen-bond acceptors (Lipinski definition) is 3. The number of benzene rings is 1. The van der Waals surface area contributed by atoms with Crippen molar-refractivity contribution in [1.29, 1.82) is 0 Å². The molecule has 1 heterocycles. The van der Waals surface area contributed by atoms with Crippen LogP contribution in [0.1, 0.15) is 66.9 Å². The Hall–Kier alpha value is -1.79. The molecule has 0 saturated heterocycles. The summed E-state index contributed by atoms with van der Waals surface area (Å²) in [5.74, 6) is -2.60. The number of rotatable bonds is 4. The number of fused-ring (bicyclic) bond motifs is 1. The molecule has 156 valence electrons. The van der Waals surface area contributed by atoms with Crippen molar-refractivity contribution >= 4 is 28.4 Å². The van der Waals surface area contributed by atoms with Gasteiger partial charge in [-0.15, -0.1) is 0 Å². The van der Waals surface area contributed by atoms with Gasteiger partial charge in [0, 0.05) is 36.3 Å². The van der Waals surface area contributed by atoms with Gasteiger partial charge in [-0.3, -0.25) is 9.78 Å². The smallest absolute Gasteiger partial charge is 0.251 e. The third kappa shape index (κ3) is 4.53. The molecule has 2 unspecified atom stereocenters. The predicted molar refractivity (Wildman–Crippen MR) is 109 cm³/mol. The number of alkyl halides is 2. The number of carbonyl (C=O) groups is 1. The molecule has 2 fully saturated rings. The number of aliphatic hydroxyl groups excluding tert-OH is 1. The van der Waals surface area contributed by atoms with Gasteiger partial charge < -0.3 is 10.4 Å². The van der Waals surface area contributed by atoms with E-state index in [9.17, 15) is 18.7 Å². The zero-order valence-corrected chi connectivity index (χ0v) is 16.9. The van der Waals surface area contributed by atoms with Gasteiger partial charge in [0.15, 0.2) is 0 Å². The number of pyridine rings is 1. The van der Waals surface area contributed by atoms with Crippen molar-refractivity contribution in [3.63, 3.8) is 0 Å². The van der Waals surface area contributed by atoms with Crippen molar-refractivity contribution < 1.29 is 18.7 Å². The van der Waals surface area contributed by atoms with Crippen LogP contribution in [-0.2, 0) is 0 Å². The Kier molecular flexibility index (Phi) is 5.76. The van der Waals surface area contributed by atoms with Crippen LogP contribution in [-0.4, -0.2) is 34.6 Å². The topological polar surface area (TPSA) is 62.2 Å². The highest BCUT2D eigenvalue weighted by Crippen LogP contribution is 2.38. The van der Waals surface area contributed by atoms with Crippen molar-refractivity contribution in [2.75, 3.05) is 6.54 Å². The lowest BCUT2D eigenvalue weighted by atomic mass is 9.87. The summed E-state index contributed by atoms with van der Waals surface area (Å²) in [4.78, 5) is 17.5. The summed E-state index contributed by atoms with van der Waals surface area (Å²) in [7, 11) is 0. The highest BCUT2D eigenvalue weighted by Gasteiger charge is 2.35. The largest absolute Gasteiger partial charge is 0.393 e. The molecule has 0 aliphatic heterocycles. The lowest BCUT2D eigenvalue weighted by Gasteiger charge is -2.28. The van der Waals surface area contributed by atoms with Crippen molar-refractivity contribution in [2.24, 2.45) is 5.92 Å². The fraction of sp³-hybridized carbons (Fsp3) is 0.545. The molecule has 0 spiro atoms. The summed E-state index contributed by atoms with van der Waals surface area (Å²) >= 11 is 6.49. The van der Waals surface area contributed by atoms with E-state index in [1.807, 2.05) is 6.07 Å². The second kappa shape index (κ2) is 8.15. The Bertz CT molecular complexity index is 911. The zero-order chi connectivity index (χ0) is 20.6. The van der Waals surface area contributed by atoms with Crippen LogP contribution in [0.25, 0.3) is 10.9 Å². The van der Waals surface area contributed by atoms with Gasteiger partial charge in [0.25, 0.3) is 5.91 Å². The Morgan fingerprint density at radius 3 is 2.69 bits per heavy atom. The Labute approximate surface area is 173 Å². The Morgan fingerprint density at radius 2 is 2.00 bits per heavy atom. The second-order valence-corrected chi connectivity index (χ2v) is 8.81. The summed E-state index contributed by atoms with van der Waals surface area (Å²) in [6, 6.07) is 7.14. The van der Waals surface area contributed by atoms with E-state index in [1.54, 1.807) is 18.2 Å². The number of carbonyl (C=O) groups excluding carboxylic acids is 1. The Balaban J connectivity index is 1.50. The molecule has 4 nitrogen and oxygen atoms in total. The van der Waals surface area contributed by atoms with Crippen LogP contribution < -0.4 is 5.32 Å². The number of amides is 1. The maximum atomic E-state index is 13.3. The number of aromatic nitrogens is 1. The Morgan fingerprint density at radius 1 is 1.24 bits per heavy atom. The first kappa shape index (κ1) is 20.5. The number of halogens is 3. The summed E-state index contributed by atoms with van der Waals surface area (Å²) in [6.07, 6.45) is 2.56. The van der Waals surface area contributed by atoms with Crippen LogP contribution in [0.4, 0.5) is 8.78 Å². The SMILES string of the molecule is O=C(NCC1CCC(F)(F)CC1)c1cccc2nc(C3CCC(O)C3)c(Cl)cc12. The van der Waals surface area contributed by atoms with E-state index in [4.69, 9.17) is 16.6 Å². The van der Waals surface area contributed by atoms with E-state index < -0.39 is 5.92 Å². The molecule has 29 heavy (non-hydrogen) atoms. The fourth-order valence-corrected chi connectivity index (χ4v) is 4.82.